The first-order valence-electron chi connectivity index (χ1n) is 8.60. The van der Waals surface area contributed by atoms with Gasteiger partial charge in [0.05, 0.1) is 11.8 Å². The number of allylic oxidation sites excluding steroid dienone is 2. The van der Waals surface area contributed by atoms with Crippen LogP contribution in [-0.2, 0) is 14.8 Å². The smallest absolute Gasteiger partial charge is 0.259 e. The number of nitrogens with zero attached hydrogens (tertiary/aromatic N) is 1. The molecule has 0 aromatic heterocycles. The minimum absolute atomic E-state index is 0.00738. The Morgan fingerprint density at radius 2 is 2.09 bits per heavy atom. The number of fused-ring (bicyclic) bond motifs is 1. The second kappa shape index (κ2) is 5.47. The van der Waals surface area contributed by atoms with Crippen LogP contribution in [0.3, 0.4) is 0 Å². The Morgan fingerprint density at radius 3 is 2.74 bits per heavy atom. The minimum Gasteiger partial charge on any atom is -0.269 e. The highest BCUT2D eigenvalue weighted by molar-refractivity contribution is 7.90. The van der Waals surface area contributed by atoms with Crippen LogP contribution < -0.4 is 0 Å². The van der Waals surface area contributed by atoms with Crippen LogP contribution in [0.25, 0.3) is 0 Å². The molecule has 1 heterocycles. The molecule has 23 heavy (non-hydrogen) atoms. The van der Waals surface area contributed by atoms with Crippen LogP contribution in [-0.4, -0.2) is 30.4 Å². The van der Waals surface area contributed by atoms with E-state index in [1.807, 2.05) is 6.08 Å². The van der Waals surface area contributed by atoms with E-state index in [1.54, 1.807) is 6.08 Å². The van der Waals surface area contributed by atoms with Crippen molar-refractivity contribution in [3.63, 3.8) is 0 Å². The van der Waals surface area contributed by atoms with Gasteiger partial charge in [-0.3, -0.25) is 4.79 Å². The largest absolute Gasteiger partial charge is 0.269 e. The summed E-state index contributed by atoms with van der Waals surface area (Å²) in [6.07, 6.45) is 10.6. The Balaban J connectivity index is 1.81. The molecular formula is C18H27NO3S. The van der Waals surface area contributed by atoms with E-state index < -0.39 is 10.0 Å². The van der Waals surface area contributed by atoms with Crippen molar-refractivity contribution in [1.29, 1.82) is 0 Å². The summed E-state index contributed by atoms with van der Waals surface area (Å²) in [5.74, 6) is 0.327. The molecule has 1 saturated heterocycles. The lowest BCUT2D eigenvalue weighted by Gasteiger charge is -2.36. The van der Waals surface area contributed by atoms with E-state index >= 15 is 0 Å². The van der Waals surface area contributed by atoms with Crippen LogP contribution in [0.2, 0.25) is 0 Å². The van der Waals surface area contributed by atoms with Crippen molar-refractivity contribution in [3.05, 3.63) is 24.8 Å². The van der Waals surface area contributed by atoms with E-state index in [2.05, 4.69) is 20.4 Å². The molecule has 3 rings (SSSR count). The number of hydrogen-bond acceptors (Lipinski definition) is 3. The summed E-state index contributed by atoms with van der Waals surface area (Å²) < 4.78 is 26.6. The Bertz CT molecular complexity index is 649. The minimum atomic E-state index is -3.49. The summed E-state index contributed by atoms with van der Waals surface area (Å²) in [5, 5.41) is 0. The van der Waals surface area contributed by atoms with Crippen molar-refractivity contribution in [3.8, 4) is 0 Å². The first-order chi connectivity index (χ1) is 10.8. The molecule has 3 aliphatic rings. The van der Waals surface area contributed by atoms with Crippen molar-refractivity contribution < 1.29 is 13.2 Å². The molecule has 1 aliphatic heterocycles. The number of sulfonamides is 1. The van der Waals surface area contributed by atoms with Gasteiger partial charge in [0.2, 0.25) is 10.0 Å². The monoisotopic (exact) mass is 337 g/mol. The fraction of sp³-hybridized carbons (Fsp3) is 0.722. The van der Waals surface area contributed by atoms with Crippen molar-refractivity contribution in [2.45, 2.75) is 58.4 Å². The number of rotatable bonds is 5. The maximum atomic E-state index is 12.7. The molecule has 0 radical (unpaired) electrons. The van der Waals surface area contributed by atoms with Crippen LogP contribution in [0.15, 0.2) is 24.8 Å². The van der Waals surface area contributed by atoms with Crippen LogP contribution >= 0.6 is 0 Å². The second-order valence-corrected chi connectivity index (χ2v) is 9.72. The van der Waals surface area contributed by atoms with Gasteiger partial charge in [-0.1, -0.05) is 26.0 Å². The average Bonchev–Trinajstić information content (AvgIpc) is 2.93. The molecule has 0 aromatic carbocycles. The van der Waals surface area contributed by atoms with Gasteiger partial charge in [-0.15, -0.1) is 6.58 Å². The Labute approximate surface area is 139 Å². The van der Waals surface area contributed by atoms with E-state index in [-0.39, 0.29) is 28.5 Å². The first kappa shape index (κ1) is 16.7. The summed E-state index contributed by atoms with van der Waals surface area (Å²) in [6, 6.07) is -0.133. The molecule has 1 amide bonds. The van der Waals surface area contributed by atoms with Gasteiger partial charge < -0.3 is 0 Å². The molecule has 128 valence electrons. The highest BCUT2D eigenvalue weighted by Gasteiger charge is 2.72. The van der Waals surface area contributed by atoms with Crippen molar-refractivity contribution in [2.75, 3.05) is 5.75 Å². The lowest BCUT2D eigenvalue weighted by molar-refractivity contribution is -0.124. The predicted molar refractivity (Wildman–Crippen MR) is 91.2 cm³/mol. The molecule has 2 bridgehead atoms. The summed E-state index contributed by atoms with van der Waals surface area (Å²) in [7, 11) is -3.49. The maximum Gasteiger partial charge on any atom is 0.259 e. The Morgan fingerprint density at radius 1 is 1.35 bits per heavy atom. The van der Waals surface area contributed by atoms with Gasteiger partial charge in [0.15, 0.2) is 0 Å². The Kier molecular flexibility index (Phi) is 3.98. The van der Waals surface area contributed by atoms with Gasteiger partial charge in [-0.25, -0.2) is 12.7 Å². The normalized spacial score (nSPS) is 36.5. The molecule has 4 nitrogen and oxygen atoms in total. The van der Waals surface area contributed by atoms with Crippen LogP contribution in [0, 0.1) is 16.7 Å². The van der Waals surface area contributed by atoms with Gasteiger partial charge in [-0.2, -0.15) is 0 Å². The topological polar surface area (TPSA) is 54.5 Å². The number of carbonyl (C=O) groups is 1. The molecule has 1 spiro atoms. The van der Waals surface area contributed by atoms with Gasteiger partial charge in [0.1, 0.15) is 0 Å². The average molecular weight is 337 g/mol. The number of carbonyl (C=O) groups excluding carboxylic acids is 1. The van der Waals surface area contributed by atoms with Gasteiger partial charge in [0, 0.05) is 11.5 Å². The van der Waals surface area contributed by atoms with E-state index in [4.69, 9.17) is 0 Å². The second-order valence-electron chi connectivity index (χ2n) is 7.88. The van der Waals surface area contributed by atoms with E-state index in [0.29, 0.717) is 5.92 Å². The van der Waals surface area contributed by atoms with Gasteiger partial charge in [0.25, 0.3) is 5.91 Å². The summed E-state index contributed by atoms with van der Waals surface area (Å²) >= 11 is 0. The lowest BCUT2D eigenvalue weighted by Crippen LogP contribution is -2.43. The molecule has 5 heteroatoms. The summed E-state index contributed by atoms with van der Waals surface area (Å²) in [4.78, 5) is 12.6. The zero-order chi connectivity index (χ0) is 16.9. The summed E-state index contributed by atoms with van der Waals surface area (Å²) in [6.45, 7) is 8.06. The quantitative estimate of drug-likeness (QED) is 0.439. The molecular weight excluding hydrogens is 310 g/mol. The zero-order valence-corrected chi connectivity index (χ0v) is 14.9. The zero-order valence-electron chi connectivity index (χ0n) is 14.1. The molecule has 0 aromatic rings. The van der Waals surface area contributed by atoms with E-state index in [9.17, 15) is 13.2 Å². The highest BCUT2D eigenvalue weighted by Crippen LogP contribution is 2.69. The predicted octanol–water partition coefficient (Wildman–Crippen LogP) is 3.27. The lowest BCUT2D eigenvalue weighted by atomic mass is 9.69. The van der Waals surface area contributed by atoms with Crippen molar-refractivity contribution in [2.24, 2.45) is 16.7 Å². The highest BCUT2D eigenvalue weighted by atomic mass is 32.2. The third-order valence-corrected chi connectivity index (χ3v) is 8.58. The van der Waals surface area contributed by atoms with Crippen molar-refractivity contribution in [1.82, 2.24) is 4.31 Å². The SMILES string of the molecule is C=CCCC/C=C/C(=O)N1[C@@H]2C[C@H]3CC[C@]2(CS1(=O)=O)C3(C)C. The molecule has 2 aliphatic carbocycles. The fourth-order valence-electron chi connectivity index (χ4n) is 5.22. The molecule has 0 unspecified atom stereocenters. The first-order valence-corrected chi connectivity index (χ1v) is 10.2. The molecule has 2 saturated carbocycles. The number of amides is 1. The van der Waals surface area contributed by atoms with Crippen LogP contribution in [0.5, 0.6) is 0 Å². The summed E-state index contributed by atoms with van der Waals surface area (Å²) in [5.41, 5.74) is -0.226. The van der Waals surface area contributed by atoms with Gasteiger partial charge in [-0.05, 0) is 49.9 Å². The van der Waals surface area contributed by atoms with Crippen LogP contribution in [0.1, 0.15) is 52.4 Å². The number of hydrogen-bond donors (Lipinski definition) is 0. The Hall–Kier alpha value is -1.10. The standard InChI is InChI=1S/C18H27NO3S/c1-4-5-6-7-8-9-16(20)19-15-12-14-10-11-18(15,17(14,2)3)13-23(19,21)22/h4,8-9,14-15H,1,5-7,10-13H2,2-3H3/b9-8+/t14-,15-,18-/m1/s1. The maximum absolute atomic E-state index is 12.7. The number of unbranched alkanes of at least 4 members (excludes halogenated alkanes) is 2. The van der Waals surface area contributed by atoms with E-state index in [0.717, 1.165) is 38.5 Å². The molecule has 3 fully saturated rings. The fourth-order valence-corrected chi connectivity index (χ4v) is 7.73. The van der Waals surface area contributed by atoms with E-state index in [1.165, 1.54) is 10.4 Å². The molecule has 0 N–H and O–H groups in total. The third-order valence-electron chi connectivity index (χ3n) is 6.67. The molecule has 3 atom stereocenters. The van der Waals surface area contributed by atoms with Crippen molar-refractivity contribution >= 4 is 15.9 Å². The van der Waals surface area contributed by atoms with Crippen LogP contribution in [0.4, 0.5) is 0 Å². The van der Waals surface area contributed by atoms with Gasteiger partial charge >= 0.3 is 0 Å². The third kappa shape index (κ3) is 2.31.